The Kier molecular flexibility index (Phi) is 4.75. The van der Waals surface area contributed by atoms with Crippen molar-refractivity contribution in [2.24, 2.45) is 17.8 Å². The number of anilines is 1. The van der Waals surface area contributed by atoms with E-state index in [9.17, 15) is 23.1 Å². The van der Waals surface area contributed by atoms with Gasteiger partial charge >= 0.3 is 5.97 Å². The van der Waals surface area contributed by atoms with Gasteiger partial charge in [0.2, 0.25) is 0 Å². The number of halogens is 3. The molecule has 7 rings (SSSR count). The van der Waals surface area contributed by atoms with E-state index in [4.69, 9.17) is 0 Å². The maximum Gasteiger partial charge on any atom is 0.308 e. The first-order valence-corrected chi connectivity index (χ1v) is 11.2. The summed E-state index contributed by atoms with van der Waals surface area (Å²) in [5.41, 5.74) is 0.826. The van der Waals surface area contributed by atoms with Crippen molar-refractivity contribution < 1.29 is 23.1 Å². The highest BCUT2D eigenvalue weighted by atomic mass is 19.3. The Hall–Kier alpha value is -3.63. The number of aromatic nitrogens is 5. The first-order valence-electron chi connectivity index (χ1n) is 11.2. The van der Waals surface area contributed by atoms with Crippen molar-refractivity contribution in [1.29, 1.82) is 0 Å². The highest BCUT2D eigenvalue weighted by Crippen LogP contribution is 2.46. The van der Waals surface area contributed by atoms with Crippen LogP contribution in [0.1, 0.15) is 37.8 Å². The number of nitrogens with zero attached hydrogens (tertiary/aromatic N) is 4. The van der Waals surface area contributed by atoms with Crippen LogP contribution < -0.4 is 5.32 Å². The molecule has 3 aliphatic rings. The van der Waals surface area contributed by atoms with Gasteiger partial charge < -0.3 is 15.4 Å². The van der Waals surface area contributed by atoms with E-state index in [1.165, 1.54) is 18.2 Å². The third kappa shape index (κ3) is 3.21. The van der Waals surface area contributed by atoms with Crippen molar-refractivity contribution in [2.75, 3.05) is 5.32 Å². The lowest BCUT2D eigenvalue weighted by atomic mass is 9.61. The van der Waals surface area contributed by atoms with E-state index in [2.05, 4.69) is 25.4 Å². The molecule has 3 N–H and O–H groups in total. The molecule has 4 aromatic rings. The zero-order chi connectivity index (χ0) is 23.6. The zero-order valence-electron chi connectivity index (χ0n) is 17.9. The number of aliphatic carboxylic acids is 1. The fourth-order valence-corrected chi connectivity index (χ4v) is 5.73. The van der Waals surface area contributed by atoms with Gasteiger partial charge in [-0.15, -0.1) is 5.10 Å². The van der Waals surface area contributed by atoms with E-state index in [1.807, 2.05) is 0 Å². The standard InChI is InChI=1S/C23H21F3N6O2/c24-12-7-13-14(9-28-20(13)27-8-12)21-30-22(16-6-5-15(19(25)26)32(16)31-21)29-18-11-3-1-10(2-4-11)17(18)23(33)34/h5-11,17-19H,1-4H2,(H,27,28)(H,33,34)(H,29,30,31)/t10?,11?,17-,18-/m0/s1. The number of fused-ring (bicyclic) bond motifs is 5. The van der Waals surface area contributed by atoms with Gasteiger partial charge in [-0.1, -0.05) is 0 Å². The summed E-state index contributed by atoms with van der Waals surface area (Å²) in [6.45, 7) is 0. The second-order valence-corrected chi connectivity index (χ2v) is 9.10. The third-order valence-electron chi connectivity index (χ3n) is 7.31. The molecule has 3 saturated carbocycles. The monoisotopic (exact) mass is 470 g/mol. The molecule has 34 heavy (non-hydrogen) atoms. The van der Waals surface area contributed by atoms with Crippen LogP contribution in [0.15, 0.2) is 30.6 Å². The van der Waals surface area contributed by atoms with Gasteiger partial charge in [0.1, 0.15) is 22.7 Å². The van der Waals surface area contributed by atoms with Crippen LogP contribution in [0.2, 0.25) is 0 Å². The normalized spacial score (nSPS) is 24.4. The minimum absolute atomic E-state index is 0.0726. The summed E-state index contributed by atoms with van der Waals surface area (Å²) in [4.78, 5) is 23.7. The Balaban J connectivity index is 1.51. The third-order valence-corrected chi connectivity index (χ3v) is 7.31. The molecule has 0 amide bonds. The van der Waals surface area contributed by atoms with E-state index in [0.717, 1.165) is 36.4 Å². The summed E-state index contributed by atoms with van der Waals surface area (Å²) in [7, 11) is 0. The Bertz CT molecular complexity index is 1410. The van der Waals surface area contributed by atoms with Gasteiger partial charge in [0.05, 0.1) is 12.1 Å². The average Bonchev–Trinajstić information content (AvgIpc) is 3.43. The molecule has 4 aromatic heterocycles. The number of H-pyrrole nitrogens is 1. The number of carboxylic acids is 1. The van der Waals surface area contributed by atoms with Gasteiger partial charge in [-0.2, -0.15) is 0 Å². The van der Waals surface area contributed by atoms with Crippen molar-refractivity contribution in [3.63, 3.8) is 0 Å². The smallest absolute Gasteiger partial charge is 0.308 e. The van der Waals surface area contributed by atoms with Crippen molar-refractivity contribution in [1.82, 2.24) is 24.6 Å². The predicted molar refractivity (Wildman–Crippen MR) is 117 cm³/mol. The number of carbonyl (C=O) groups is 1. The highest BCUT2D eigenvalue weighted by Gasteiger charge is 2.47. The highest BCUT2D eigenvalue weighted by molar-refractivity contribution is 5.92. The quantitative estimate of drug-likeness (QED) is 0.392. The number of nitrogens with one attached hydrogen (secondary N) is 2. The maximum absolute atomic E-state index is 13.9. The number of hydrogen-bond donors (Lipinski definition) is 3. The molecule has 4 heterocycles. The molecular weight excluding hydrogens is 449 g/mol. The SMILES string of the molecule is O=C(O)[C@H]1C2CCC(CC2)[C@@H]1Nc1nc(-c2c[nH]c3ncc(F)cc23)nn2c(C(F)F)ccc12. The lowest BCUT2D eigenvalue weighted by Gasteiger charge is -2.47. The fraction of sp³-hybridized carbons (Fsp3) is 0.391. The zero-order valence-corrected chi connectivity index (χ0v) is 17.9. The topological polar surface area (TPSA) is 108 Å². The summed E-state index contributed by atoms with van der Waals surface area (Å²) in [6, 6.07) is 3.69. The molecule has 0 unspecified atom stereocenters. The number of rotatable bonds is 5. The van der Waals surface area contributed by atoms with E-state index >= 15 is 0 Å². The number of alkyl halides is 2. The molecule has 0 spiro atoms. The summed E-state index contributed by atoms with van der Waals surface area (Å²) in [6.07, 6.45) is 3.42. The molecule has 2 atom stereocenters. The summed E-state index contributed by atoms with van der Waals surface area (Å²) >= 11 is 0. The summed E-state index contributed by atoms with van der Waals surface area (Å²) < 4.78 is 42.5. The average molecular weight is 470 g/mol. The lowest BCUT2D eigenvalue weighted by Crippen LogP contribution is -2.51. The Morgan fingerprint density at radius 2 is 1.97 bits per heavy atom. The Morgan fingerprint density at radius 1 is 1.21 bits per heavy atom. The van der Waals surface area contributed by atoms with Crippen molar-refractivity contribution in [2.45, 2.75) is 38.2 Å². The van der Waals surface area contributed by atoms with Crippen LogP contribution >= 0.6 is 0 Å². The number of aromatic amines is 1. The number of pyridine rings is 1. The Morgan fingerprint density at radius 3 is 2.71 bits per heavy atom. The first kappa shape index (κ1) is 20.9. The van der Waals surface area contributed by atoms with E-state index in [-0.39, 0.29) is 35.2 Å². The minimum atomic E-state index is -2.78. The van der Waals surface area contributed by atoms with Gasteiger partial charge in [0.25, 0.3) is 6.43 Å². The van der Waals surface area contributed by atoms with Crippen LogP contribution in [0.3, 0.4) is 0 Å². The van der Waals surface area contributed by atoms with E-state index in [1.54, 1.807) is 6.20 Å². The van der Waals surface area contributed by atoms with Gasteiger partial charge in [-0.3, -0.25) is 4.79 Å². The molecule has 176 valence electrons. The second-order valence-electron chi connectivity index (χ2n) is 9.10. The van der Waals surface area contributed by atoms with Crippen LogP contribution in [-0.2, 0) is 4.79 Å². The molecule has 0 aliphatic heterocycles. The van der Waals surface area contributed by atoms with Crippen LogP contribution in [0, 0.1) is 23.6 Å². The van der Waals surface area contributed by atoms with E-state index < -0.39 is 24.1 Å². The lowest BCUT2D eigenvalue weighted by molar-refractivity contribution is -0.148. The number of hydrogen-bond acceptors (Lipinski definition) is 5. The molecule has 0 radical (unpaired) electrons. The van der Waals surface area contributed by atoms with Gasteiger partial charge in [0.15, 0.2) is 11.6 Å². The van der Waals surface area contributed by atoms with Crippen LogP contribution in [0.25, 0.3) is 27.9 Å². The first-order chi connectivity index (χ1) is 16.4. The van der Waals surface area contributed by atoms with Crippen molar-refractivity contribution >= 4 is 28.3 Å². The number of carboxylic acid groups (broad SMARTS) is 1. The molecule has 3 aliphatic carbocycles. The Labute approximate surface area is 191 Å². The van der Waals surface area contributed by atoms with Crippen LogP contribution in [0.5, 0.6) is 0 Å². The minimum Gasteiger partial charge on any atom is -0.481 e. The van der Waals surface area contributed by atoms with Crippen LogP contribution in [-0.4, -0.2) is 41.7 Å². The molecule has 0 aromatic carbocycles. The van der Waals surface area contributed by atoms with Gasteiger partial charge in [-0.25, -0.2) is 27.7 Å². The molecule has 0 saturated heterocycles. The summed E-state index contributed by atoms with van der Waals surface area (Å²) in [5, 5.41) is 18.0. The van der Waals surface area contributed by atoms with Crippen molar-refractivity contribution in [3.8, 4) is 11.4 Å². The second kappa shape index (κ2) is 7.71. The van der Waals surface area contributed by atoms with Gasteiger partial charge in [-0.05, 0) is 55.7 Å². The largest absolute Gasteiger partial charge is 0.481 e. The molecule has 2 bridgehead atoms. The molecule has 3 fully saturated rings. The fourth-order valence-electron chi connectivity index (χ4n) is 5.73. The molecular formula is C23H21F3N6O2. The molecule has 8 nitrogen and oxygen atoms in total. The molecule has 11 heteroatoms. The van der Waals surface area contributed by atoms with Crippen LogP contribution in [0.4, 0.5) is 19.0 Å². The van der Waals surface area contributed by atoms with Gasteiger partial charge in [0, 0.05) is 23.2 Å². The summed E-state index contributed by atoms with van der Waals surface area (Å²) in [5.74, 6) is -1.40. The van der Waals surface area contributed by atoms with Crippen molar-refractivity contribution in [3.05, 3.63) is 42.1 Å². The maximum atomic E-state index is 13.9. The predicted octanol–water partition coefficient (Wildman–Crippen LogP) is 4.65. The van der Waals surface area contributed by atoms with E-state index in [0.29, 0.717) is 22.1 Å².